The van der Waals surface area contributed by atoms with Crippen LogP contribution in [0.1, 0.15) is 54.8 Å². The molecule has 0 spiro atoms. The van der Waals surface area contributed by atoms with Crippen LogP contribution in [0.4, 0.5) is 23.4 Å². The number of fused-ring (bicyclic) bond motifs is 1. The normalized spacial score (nSPS) is 24.0. The molecule has 37 heavy (non-hydrogen) atoms. The number of carbonyl (C=O) groups is 1. The number of nitrogens with zero attached hydrogens (tertiary/aromatic N) is 3. The van der Waals surface area contributed by atoms with E-state index in [-0.39, 0.29) is 36.7 Å². The monoisotopic (exact) mass is 519 g/mol. The SMILES string of the molecule is C[C@@H](C(=O)Nc1cn2c(n1)[C@@H](O)C[C@@H]2c1cc(F)cc(F)c1)N1CCC(F)(F)[C@@H](c2ccc(=O)[nH]c2)C1. The van der Waals surface area contributed by atoms with Crippen molar-refractivity contribution < 1.29 is 27.5 Å². The van der Waals surface area contributed by atoms with E-state index in [4.69, 9.17) is 0 Å². The van der Waals surface area contributed by atoms with Crippen molar-refractivity contribution in [2.45, 2.75) is 49.8 Å². The van der Waals surface area contributed by atoms with Gasteiger partial charge in [0.05, 0.1) is 18.0 Å². The van der Waals surface area contributed by atoms with Crippen molar-refractivity contribution in [3.63, 3.8) is 0 Å². The second-order valence-corrected chi connectivity index (χ2v) is 9.57. The van der Waals surface area contributed by atoms with Crippen molar-refractivity contribution in [3.8, 4) is 0 Å². The van der Waals surface area contributed by atoms with Gasteiger partial charge in [-0.05, 0) is 30.2 Å². The summed E-state index contributed by atoms with van der Waals surface area (Å²) < 4.78 is 58.4. The maximum Gasteiger partial charge on any atom is 0.257 e. The number of alkyl halides is 2. The van der Waals surface area contributed by atoms with Gasteiger partial charge >= 0.3 is 0 Å². The van der Waals surface area contributed by atoms with Crippen molar-refractivity contribution in [1.29, 1.82) is 0 Å². The van der Waals surface area contributed by atoms with E-state index in [1.165, 1.54) is 36.7 Å². The van der Waals surface area contributed by atoms with Gasteiger partial charge in [0.1, 0.15) is 23.6 Å². The maximum absolute atomic E-state index is 14.7. The molecule has 1 aromatic carbocycles. The summed E-state index contributed by atoms with van der Waals surface area (Å²) in [5.74, 6) is -5.80. The molecule has 196 valence electrons. The van der Waals surface area contributed by atoms with E-state index in [9.17, 15) is 32.3 Å². The Balaban J connectivity index is 1.31. The Morgan fingerprint density at radius 2 is 1.95 bits per heavy atom. The number of likely N-dealkylation sites (tertiary alicyclic amines) is 1. The summed E-state index contributed by atoms with van der Waals surface area (Å²) in [6.45, 7) is 1.49. The van der Waals surface area contributed by atoms with Gasteiger partial charge in [0.25, 0.3) is 5.92 Å². The number of nitrogens with one attached hydrogen (secondary N) is 2. The minimum Gasteiger partial charge on any atom is -0.385 e. The van der Waals surface area contributed by atoms with Crippen LogP contribution in [0, 0.1) is 11.6 Å². The van der Waals surface area contributed by atoms with Crippen LogP contribution in [0.25, 0.3) is 0 Å². The Labute approximate surface area is 208 Å². The molecule has 4 atom stereocenters. The van der Waals surface area contributed by atoms with Crippen LogP contribution in [0.2, 0.25) is 0 Å². The number of imidazole rings is 1. The van der Waals surface area contributed by atoms with Crippen LogP contribution in [-0.2, 0) is 4.79 Å². The first-order chi connectivity index (χ1) is 17.5. The summed E-state index contributed by atoms with van der Waals surface area (Å²) in [6, 6.07) is 4.32. The molecule has 2 aromatic heterocycles. The maximum atomic E-state index is 14.7. The number of aromatic amines is 1. The third-order valence-corrected chi connectivity index (χ3v) is 7.16. The summed E-state index contributed by atoms with van der Waals surface area (Å²) in [4.78, 5) is 32.7. The van der Waals surface area contributed by atoms with E-state index in [1.54, 1.807) is 16.4 Å². The highest BCUT2D eigenvalue weighted by atomic mass is 19.3. The lowest BCUT2D eigenvalue weighted by Crippen LogP contribution is -2.52. The number of aromatic nitrogens is 3. The highest BCUT2D eigenvalue weighted by molar-refractivity contribution is 5.93. The molecule has 1 saturated heterocycles. The zero-order chi connectivity index (χ0) is 26.5. The van der Waals surface area contributed by atoms with Gasteiger partial charge < -0.3 is 20.0 Å². The van der Waals surface area contributed by atoms with Gasteiger partial charge in [0, 0.05) is 50.5 Å². The summed E-state index contributed by atoms with van der Waals surface area (Å²) >= 11 is 0. The van der Waals surface area contributed by atoms with Crippen molar-refractivity contribution >= 4 is 11.7 Å². The van der Waals surface area contributed by atoms with Crippen LogP contribution < -0.4 is 10.9 Å². The fraction of sp³-hybridized carbons (Fsp3) is 0.400. The van der Waals surface area contributed by atoms with Gasteiger partial charge in [-0.15, -0.1) is 0 Å². The Morgan fingerprint density at radius 3 is 2.62 bits per heavy atom. The number of hydrogen-bond acceptors (Lipinski definition) is 5. The van der Waals surface area contributed by atoms with Crippen molar-refractivity contribution in [2.24, 2.45) is 0 Å². The number of pyridine rings is 1. The lowest BCUT2D eigenvalue weighted by molar-refractivity contribution is -0.125. The summed E-state index contributed by atoms with van der Waals surface area (Å²) in [6.07, 6.45) is 1.47. The van der Waals surface area contributed by atoms with Gasteiger partial charge in [0.2, 0.25) is 11.5 Å². The summed E-state index contributed by atoms with van der Waals surface area (Å²) in [7, 11) is 0. The van der Waals surface area contributed by atoms with E-state index in [2.05, 4.69) is 15.3 Å². The van der Waals surface area contributed by atoms with Gasteiger partial charge in [-0.25, -0.2) is 22.5 Å². The zero-order valence-electron chi connectivity index (χ0n) is 19.8. The zero-order valence-corrected chi connectivity index (χ0v) is 19.8. The molecule has 0 unspecified atom stereocenters. The smallest absolute Gasteiger partial charge is 0.257 e. The molecule has 2 aliphatic rings. The molecule has 8 nitrogen and oxygen atoms in total. The number of H-pyrrole nitrogens is 1. The average molecular weight is 519 g/mol. The van der Waals surface area contributed by atoms with Gasteiger partial charge in [-0.1, -0.05) is 6.07 Å². The fourth-order valence-electron chi connectivity index (χ4n) is 5.12. The van der Waals surface area contributed by atoms with E-state index in [1.807, 2.05) is 0 Å². The Bertz CT molecular complexity index is 1350. The topological polar surface area (TPSA) is 103 Å². The lowest BCUT2D eigenvalue weighted by atomic mass is 9.87. The molecule has 5 rings (SSSR count). The number of hydrogen-bond donors (Lipinski definition) is 3. The fourth-order valence-corrected chi connectivity index (χ4v) is 5.12. The van der Waals surface area contributed by atoms with E-state index < -0.39 is 59.5 Å². The van der Waals surface area contributed by atoms with Crippen molar-refractivity contribution in [1.82, 2.24) is 19.4 Å². The number of carbonyl (C=O) groups excluding carboxylic acids is 1. The van der Waals surface area contributed by atoms with E-state index >= 15 is 0 Å². The van der Waals surface area contributed by atoms with Gasteiger partial charge in [-0.3, -0.25) is 14.5 Å². The minimum absolute atomic E-state index is 0.00689. The Morgan fingerprint density at radius 1 is 1.22 bits per heavy atom. The number of rotatable bonds is 5. The summed E-state index contributed by atoms with van der Waals surface area (Å²) in [5.41, 5.74) is 0.206. The first-order valence-electron chi connectivity index (χ1n) is 11.9. The molecular weight excluding hydrogens is 494 g/mol. The highest BCUT2D eigenvalue weighted by Crippen LogP contribution is 2.41. The Hall–Kier alpha value is -3.51. The van der Waals surface area contributed by atoms with Crippen LogP contribution >= 0.6 is 0 Å². The van der Waals surface area contributed by atoms with Crippen molar-refractivity contribution in [2.75, 3.05) is 18.4 Å². The average Bonchev–Trinajstić information content (AvgIpc) is 3.38. The van der Waals surface area contributed by atoms with Crippen molar-refractivity contribution in [3.05, 3.63) is 81.7 Å². The number of anilines is 1. The van der Waals surface area contributed by atoms with Crippen LogP contribution in [0.15, 0.2) is 47.5 Å². The number of amides is 1. The summed E-state index contributed by atoms with van der Waals surface area (Å²) in [5, 5.41) is 13.1. The van der Waals surface area contributed by atoms with Crippen LogP contribution in [-0.4, -0.2) is 55.5 Å². The van der Waals surface area contributed by atoms with Gasteiger partial charge in [-0.2, -0.15) is 0 Å². The molecule has 2 aliphatic heterocycles. The first-order valence-corrected chi connectivity index (χ1v) is 11.9. The van der Waals surface area contributed by atoms with Crippen LogP contribution in [0.3, 0.4) is 0 Å². The number of halogens is 4. The number of aliphatic hydroxyl groups is 1. The largest absolute Gasteiger partial charge is 0.385 e. The van der Waals surface area contributed by atoms with E-state index in [0.29, 0.717) is 5.56 Å². The molecule has 1 amide bonds. The predicted octanol–water partition coefficient (Wildman–Crippen LogP) is 3.33. The predicted molar refractivity (Wildman–Crippen MR) is 125 cm³/mol. The first kappa shape index (κ1) is 25.2. The van der Waals surface area contributed by atoms with Crippen LogP contribution in [0.5, 0.6) is 0 Å². The molecule has 0 bridgehead atoms. The standard InChI is InChI=1S/C25H25F4N5O3/c1-13(33-5-4-25(28,29)18(11-33)14-2-3-22(36)30-10-14)24(37)32-21-12-34-19(9-20(35)23(34)31-21)15-6-16(26)8-17(27)7-15/h2-3,6-8,10,12-13,18-20,35H,4-5,9,11H2,1H3,(H,30,36)(H,32,37)/t13-,18+,19+,20-/m0/s1. The molecule has 3 aromatic rings. The molecule has 4 heterocycles. The molecule has 1 fully saturated rings. The second-order valence-electron chi connectivity index (χ2n) is 9.57. The number of piperidine rings is 1. The molecule has 12 heteroatoms. The number of benzene rings is 1. The van der Waals surface area contributed by atoms with E-state index in [0.717, 1.165) is 6.07 Å². The minimum atomic E-state index is -3.00. The molecular formula is C25H25F4N5O3. The van der Waals surface area contributed by atoms with Gasteiger partial charge in [0.15, 0.2) is 5.82 Å². The third kappa shape index (κ3) is 4.90. The third-order valence-electron chi connectivity index (χ3n) is 7.16. The number of aliphatic hydroxyl groups excluding tert-OH is 1. The Kier molecular flexibility index (Phi) is 6.40. The quantitative estimate of drug-likeness (QED) is 0.449. The molecule has 3 N–H and O–H groups in total. The highest BCUT2D eigenvalue weighted by Gasteiger charge is 2.46. The molecule has 0 saturated carbocycles. The molecule has 0 aliphatic carbocycles. The second kappa shape index (κ2) is 9.42. The lowest BCUT2D eigenvalue weighted by Gasteiger charge is -2.40. The molecule has 0 radical (unpaired) electrons.